The first kappa shape index (κ1) is 22.7. The second-order valence-electron chi connectivity index (χ2n) is 8.23. The fraction of sp³-hybridized carbons (Fsp3) is 0.360. The molecule has 0 aromatic heterocycles. The van der Waals surface area contributed by atoms with E-state index in [2.05, 4.69) is 41.7 Å². The molecule has 3 rings (SSSR count). The van der Waals surface area contributed by atoms with Crippen LogP contribution in [0.3, 0.4) is 0 Å². The summed E-state index contributed by atoms with van der Waals surface area (Å²) in [4.78, 5) is 29.0. The third kappa shape index (κ3) is 7.05. The number of nitrogens with one attached hydrogen (secondary N) is 3. The Kier molecular flexibility index (Phi) is 8.38. The molecule has 1 saturated heterocycles. The number of nitrogens with zero attached hydrogens (tertiary/aromatic N) is 1. The molecule has 2 aromatic rings. The topological polar surface area (TPSA) is 58.3 Å². The van der Waals surface area contributed by atoms with Crippen LogP contribution in [0.25, 0.3) is 6.08 Å². The molecular weight excluding hydrogens is 388 g/mol. The van der Waals surface area contributed by atoms with Gasteiger partial charge in [-0.25, -0.2) is 0 Å². The molecule has 1 aliphatic heterocycles. The van der Waals surface area contributed by atoms with Crippen LogP contribution in [0, 0.1) is 0 Å². The van der Waals surface area contributed by atoms with Crippen molar-refractivity contribution in [3.63, 3.8) is 0 Å². The summed E-state index contributed by atoms with van der Waals surface area (Å²) in [5.74, 6) is 0.137. The number of carbonyl (C=O) groups is 2. The van der Waals surface area contributed by atoms with Crippen LogP contribution >= 0.6 is 0 Å². The quantitative estimate of drug-likeness (QED) is 0.537. The predicted octanol–water partition coefficient (Wildman–Crippen LogP) is -0.499. The molecule has 0 bridgehead atoms. The molecule has 6 nitrogen and oxygen atoms in total. The van der Waals surface area contributed by atoms with E-state index in [0.717, 1.165) is 49.7 Å². The second kappa shape index (κ2) is 11.4. The Balaban J connectivity index is 1.39. The predicted molar refractivity (Wildman–Crippen MR) is 123 cm³/mol. The fourth-order valence-corrected chi connectivity index (χ4v) is 3.90. The fourth-order valence-electron chi connectivity index (χ4n) is 3.90. The molecule has 0 radical (unpaired) electrons. The van der Waals surface area contributed by atoms with Gasteiger partial charge < -0.3 is 20.0 Å². The normalized spacial score (nSPS) is 15.7. The average molecular weight is 423 g/mol. The SMILES string of the molecule is CNC(=O)c1ccc(C[NH+](C)CC(=O)N2CC[NH+](C/C=C/c3ccccc3)CC2)cc1. The van der Waals surface area contributed by atoms with Crippen molar-refractivity contribution in [2.45, 2.75) is 6.54 Å². The summed E-state index contributed by atoms with van der Waals surface area (Å²) in [6, 6.07) is 17.9. The van der Waals surface area contributed by atoms with Crippen LogP contribution in [-0.4, -0.2) is 70.1 Å². The van der Waals surface area contributed by atoms with Crippen molar-refractivity contribution < 1.29 is 19.4 Å². The highest BCUT2D eigenvalue weighted by atomic mass is 16.2. The molecule has 6 heteroatoms. The number of likely N-dealkylation sites (N-methyl/N-ethyl adjacent to an activating group) is 1. The van der Waals surface area contributed by atoms with Crippen LogP contribution < -0.4 is 15.1 Å². The van der Waals surface area contributed by atoms with Crippen LogP contribution in [0.5, 0.6) is 0 Å². The molecule has 1 unspecified atom stereocenters. The zero-order valence-corrected chi connectivity index (χ0v) is 18.6. The minimum absolute atomic E-state index is 0.0840. The lowest BCUT2D eigenvalue weighted by Crippen LogP contribution is -3.15. The summed E-state index contributed by atoms with van der Waals surface area (Å²) >= 11 is 0. The van der Waals surface area contributed by atoms with Crippen molar-refractivity contribution in [3.05, 3.63) is 77.4 Å². The highest BCUT2D eigenvalue weighted by Gasteiger charge is 2.25. The van der Waals surface area contributed by atoms with E-state index in [1.807, 2.05) is 42.3 Å². The number of hydrogen-bond acceptors (Lipinski definition) is 2. The minimum atomic E-state index is -0.0840. The Hall–Kier alpha value is -2.96. The van der Waals surface area contributed by atoms with Gasteiger partial charge in [-0.05, 0) is 23.8 Å². The first-order chi connectivity index (χ1) is 15.0. The third-order valence-corrected chi connectivity index (χ3v) is 5.74. The van der Waals surface area contributed by atoms with Gasteiger partial charge in [-0.15, -0.1) is 0 Å². The van der Waals surface area contributed by atoms with Gasteiger partial charge in [0.05, 0.1) is 39.8 Å². The van der Waals surface area contributed by atoms with Crippen molar-refractivity contribution in [1.29, 1.82) is 0 Å². The van der Waals surface area contributed by atoms with Gasteiger partial charge in [-0.2, -0.15) is 0 Å². The minimum Gasteiger partial charge on any atom is -0.355 e. The lowest BCUT2D eigenvalue weighted by Gasteiger charge is -2.32. The monoisotopic (exact) mass is 422 g/mol. The Morgan fingerprint density at radius 3 is 2.39 bits per heavy atom. The van der Waals surface area contributed by atoms with E-state index >= 15 is 0 Å². The standard InChI is InChI=1S/C25H32N4O2/c1-26-25(31)23-12-10-22(11-13-23)19-27(2)20-24(30)29-17-15-28(16-18-29)14-6-9-21-7-4-3-5-8-21/h3-13H,14-20H2,1-2H3,(H,26,31)/p+2/b9-6+. The van der Waals surface area contributed by atoms with Gasteiger partial charge >= 0.3 is 0 Å². The lowest BCUT2D eigenvalue weighted by atomic mass is 10.1. The molecule has 1 aliphatic rings. The van der Waals surface area contributed by atoms with E-state index in [1.165, 1.54) is 10.5 Å². The van der Waals surface area contributed by atoms with E-state index in [9.17, 15) is 9.59 Å². The maximum absolute atomic E-state index is 12.7. The number of rotatable bonds is 8. The van der Waals surface area contributed by atoms with Crippen molar-refractivity contribution in [2.24, 2.45) is 0 Å². The number of benzene rings is 2. The number of carbonyl (C=O) groups excluding carboxylic acids is 2. The van der Waals surface area contributed by atoms with Crippen LogP contribution in [-0.2, 0) is 11.3 Å². The molecule has 2 aromatic carbocycles. The number of piperazine rings is 1. The molecular formula is C25H34N4O2+2. The zero-order chi connectivity index (χ0) is 22.1. The van der Waals surface area contributed by atoms with Crippen molar-refractivity contribution >= 4 is 17.9 Å². The molecule has 1 atom stereocenters. The van der Waals surface area contributed by atoms with Gasteiger partial charge in [0.15, 0.2) is 6.54 Å². The second-order valence-corrected chi connectivity index (χ2v) is 8.23. The summed E-state index contributed by atoms with van der Waals surface area (Å²) in [7, 11) is 3.67. The maximum Gasteiger partial charge on any atom is 0.278 e. The summed E-state index contributed by atoms with van der Waals surface area (Å²) in [6.07, 6.45) is 4.40. The molecule has 0 aliphatic carbocycles. The number of quaternary nitrogens is 2. The number of hydrogen-bond donors (Lipinski definition) is 3. The van der Waals surface area contributed by atoms with Crippen LogP contribution in [0.1, 0.15) is 21.5 Å². The first-order valence-electron chi connectivity index (χ1n) is 11.0. The summed E-state index contributed by atoms with van der Waals surface area (Å²) in [5.41, 5.74) is 3.00. The Morgan fingerprint density at radius 1 is 1.06 bits per heavy atom. The van der Waals surface area contributed by atoms with Gasteiger partial charge in [-0.1, -0.05) is 48.5 Å². The average Bonchev–Trinajstić information content (AvgIpc) is 2.80. The van der Waals surface area contributed by atoms with Crippen molar-refractivity contribution in [3.8, 4) is 0 Å². The molecule has 3 N–H and O–H groups in total. The van der Waals surface area contributed by atoms with Crippen LogP contribution in [0.2, 0.25) is 0 Å². The lowest BCUT2D eigenvalue weighted by molar-refractivity contribution is -0.898. The largest absolute Gasteiger partial charge is 0.355 e. The van der Waals surface area contributed by atoms with Gasteiger partial charge in [0, 0.05) is 18.2 Å². The van der Waals surface area contributed by atoms with E-state index < -0.39 is 0 Å². The summed E-state index contributed by atoms with van der Waals surface area (Å²) < 4.78 is 0. The molecule has 0 saturated carbocycles. The Bertz CT molecular complexity index is 872. The highest BCUT2D eigenvalue weighted by Crippen LogP contribution is 2.03. The smallest absolute Gasteiger partial charge is 0.278 e. The van der Waals surface area contributed by atoms with Gasteiger partial charge in [0.1, 0.15) is 6.54 Å². The summed E-state index contributed by atoms with van der Waals surface area (Å²) in [6.45, 7) is 5.86. The number of amides is 2. The van der Waals surface area contributed by atoms with E-state index in [0.29, 0.717) is 12.1 Å². The van der Waals surface area contributed by atoms with E-state index in [-0.39, 0.29) is 11.8 Å². The molecule has 2 amide bonds. The maximum atomic E-state index is 12.7. The van der Waals surface area contributed by atoms with Gasteiger partial charge in [0.25, 0.3) is 11.8 Å². The van der Waals surface area contributed by atoms with Crippen LogP contribution in [0.15, 0.2) is 60.7 Å². The summed E-state index contributed by atoms with van der Waals surface area (Å²) in [5, 5.41) is 2.63. The molecule has 1 fully saturated rings. The van der Waals surface area contributed by atoms with Crippen molar-refractivity contribution in [1.82, 2.24) is 10.2 Å². The molecule has 1 heterocycles. The van der Waals surface area contributed by atoms with Crippen molar-refractivity contribution in [2.75, 3.05) is 53.4 Å². The zero-order valence-electron chi connectivity index (χ0n) is 18.6. The van der Waals surface area contributed by atoms with E-state index in [1.54, 1.807) is 7.05 Å². The molecule has 31 heavy (non-hydrogen) atoms. The Labute approximate surface area is 185 Å². The first-order valence-corrected chi connectivity index (χ1v) is 11.0. The van der Waals surface area contributed by atoms with E-state index in [4.69, 9.17) is 0 Å². The van der Waals surface area contributed by atoms with Gasteiger partial charge in [0.2, 0.25) is 0 Å². The molecule has 164 valence electrons. The Morgan fingerprint density at radius 2 is 1.74 bits per heavy atom. The van der Waals surface area contributed by atoms with Gasteiger partial charge in [-0.3, -0.25) is 9.59 Å². The molecule has 0 spiro atoms. The van der Waals surface area contributed by atoms with Crippen LogP contribution in [0.4, 0.5) is 0 Å². The highest BCUT2D eigenvalue weighted by molar-refractivity contribution is 5.93. The third-order valence-electron chi connectivity index (χ3n) is 5.74.